The van der Waals surface area contributed by atoms with Gasteiger partial charge in [-0.05, 0) is 19.1 Å². The van der Waals surface area contributed by atoms with Crippen LogP contribution in [0, 0.1) is 0 Å². The number of ether oxygens (including phenoxy) is 2. The summed E-state index contributed by atoms with van der Waals surface area (Å²) >= 11 is 1.12. The quantitative estimate of drug-likeness (QED) is 0.635. The number of benzene rings is 1. The van der Waals surface area contributed by atoms with Gasteiger partial charge in [-0.25, -0.2) is 14.6 Å². The van der Waals surface area contributed by atoms with E-state index in [1.807, 2.05) is 0 Å². The molecule has 2 aromatic rings. The molecule has 126 valence electrons. The molecule has 1 heterocycles. The van der Waals surface area contributed by atoms with Crippen molar-refractivity contribution in [3.8, 4) is 5.75 Å². The Balaban J connectivity index is 2.02. The summed E-state index contributed by atoms with van der Waals surface area (Å²) in [4.78, 5) is 38.3. The minimum Gasteiger partial charge on any atom is -0.450 e. The van der Waals surface area contributed by atoms with Crippen LogP contribution >= 0.6 is 11.3 Å². The number of thiazole rings is 1. The standard InChI is InChI=1S/C15H15N3O5S/c1-3-22-15(21)17-10-5-4-6-11(7-10)23-13(20)12-8-24-14(18-12)16-9(2)19/h4-8H,3H2,1-2H3,(H,17,21)(H,16,18,19). The fourth-order valence-corrected chi connectivity index (χ4v) is 2.38. The minimum absolute atomic E-state index is 0.0764. The van der Waals surface area contributed by atoms with Crippen LogP contribution in [0.4, 0.5) is 15.6 Å². The van der Waals surface area contributed by atoms with Crippen LogP contribution in [0.5, 0.6) is 5.75 Å². The molecule has 1 aromatic carbocycles. The summed E-state index contributed by atoms with van der Waals surface area (Å²) in [5.41, 5.74) is 0.503. The van der Waals surface area contributed by atoms with E-state index in [1.54, 1.807) is 25.1 Å². The second-order valence-corrected chi connectivity index (χ2v) is 5.34. The van der Waals surface area contributed by atoms with Crippen molar-refractivity contribution in [2.45, 2.75) is 13.8 Å². The highest BCUT2D eigenvalue weighted by molar-refractivity contribution is 7.14. The van der Waals surface area contributed by atoms with Crippen LogP contribution in [0.25, 0.3) is 0 Å². The molecule has 0 aliphatic rings. The second kappa shape index (κ2) is 8.06. The van der Waals surface area contributed by atoms with Crippen LogP contribution in [-0.4, -0.2) is 29.6 Å². The highest BCUT2D eigenvalue weighted by atomic mass is 32.1. The van der Waals surface area contributed by atoms with Gasteiger partial charge in [0.25, 0.3) is 0 Å². The molecule has 0 saturated carbocycles. The topological polar surface area (TPSA) is 107 Å². The van der Waals surface area contributed by atoms with E-state index in [2.05, 4.69) is 15.6 Å². The van der Waals surface area contributed by atoms with E-state index in [1.165, 1.54) is 18.4 Å². The van der Waals surface area contributed by atoms with E-state index in [9.17, 15) is 14.4 Å². The molecule has 2 rings (SSSR count). The summed E-state index contributed by atoms with van der Waals surface area (Å²) in [7, 11) is 0. The average Bonchev–Trinajstić information content (AvgIpc) is 2.95. The number of aromatic nitrogens is 1. The maximum Gasteiger partial charge on any atom is 0.411 e. The number of hydrogen-bond donors (Lipinski definition) is 2. The van der Waals surface area contributed by atoms with Crippen LogP contribution in [0.1, 0.15) is 24.3 Å². The molecule has 0 radical (unpaired) electrons. The molecule has 0 bridgehead atoms. The molecule has 0 spiro atoms. The number of amides is 2. The molecule has 0 aliphatic carbocycles. The van der Waals surface area contributed by atoms with Crippen molar-refractivity contribution in [1.29, 1.82) is 0 Å². The number of esters is 1. The molecule has 1 aromatic heterocycles. The van der Waals surface area contributed by atoms with Gasteiger partial charge >= 0.3 is 12.1 Å². The maximum atomic E-state index is 12.0. The zero-order valence-electron chi connectivity index (χ0n) is 13.0. The van der Waals surface area contributed by atoms with Gasteiger partial charge in [-0.1, -0.05) is 6.07 Å². The Bertz CT molecular complexity index is 759. The van der Waals surface area contributed by atoms with Gasteiger partial charge in [0.1, 0.15) is 5.75 Å². The fourth-order valence-electron chi connectivity index (χ4n) is 1.66. The molecule has 9 heteroatoms. The molecular formula is C15H15N3O5S. The summed E-state index contributed by atoms with van der Waals surface area (Å²) in [6, 6.07) is 6.30. The number of nitrogens with one attached hydrogen (secondary N) is 2. The molecule has 2 N–H and O–H groups in total. The maximum absolute atomic E-state index is 12.0. The molecule has 0 unspecified atom stereocenters. The number of hydrogen-bond acceptors (Lipinski definition) is 7. The van der Waals surface area contributed by atoms with Gasteiger partial charge in [-0.15, -0.1) is 11.3 Å². The number of nitrogens with zero attached hydrogens (tertiary/aromatic N) is 1. The minimum atomic E-state index is -0.670. The van der Waals surface area contributed by atoms with Gasteiger partial charge in [0.2, 0.25) is 5.91 Å². The third kappa shape index (κ3) is 5.06. The predicted octanol–water partition coefficient (Wildman–Crippen LogP) is 2.89. The molecule has 0 saturated heterocycles. The van der Waals surface area contributed by atoms with Gasteiger partial charge in [0.15, 0.2) is 10.8 Å². The third-order valence-corrected chi connectivity index (χ3v) is 3.32. The van der Waals surface area contributed by atoms with Crippen LogP contribution in [0.15, 0.2) is 29.6 Å². The predicted molar refractivity (Wildman–Crippen MR) is 88.5 cm³/mol. The Hall–Kier alpha value is -2.94. The summed E-state index contributed by atoms with van der Waals surface area (Å²) < 4.78 is 9.97. The van der Waals surface area contributed by atoms with Gasteiger partial charge < -0.3 is 14.8 Å². The second-order valence-electron chi connectivity index (χ2n) is 4.48. The fraction of sp³-hybridized carbons (Fsp3) is 0.200. The van der Waals surface area contributed by atoms with Gasteiger partial charge in [-0.2, -0.15) is 0 Å². The highest BCUT2D eigenvalue weighted by Gasteiger charge is 2.14. The van der Waals surface area contributed by atoms with Crippen LogP contribution in [0.3, 0.4) is 0 Å². The summed E-state index contributed by atoms with van der Waals surface area (Å²) in [5, 5.41) is 6.79. The summed E-state index contributed by atoms with van der Waals surface area (Å²) in [6.45, 7) is 3.29. The van der Waals surface area contributed by atoms with Gasteiger partial charge in [0.05, 0.1) is 6.61 Å². The van der Waals surface area contributed by atoms with E-state index in [4.69, 9.17) is 9.47 Å². The Morgan fingerprint density at radius 1 is 1.25 bits per heavy atom. The number of rotatable bonds is 5. The van der Waals surface area contributed by atoms with Gasteiger partial charge in [0, 0.05) is 24.1 Å². The van der Waals surface area contributed by atoms with Crippen LogP contribution in [-0.2, 0) is 9.53 Å². The van der Waals surface area contributed by atoms with Crippen molar-refractivity contribution < 1.29 is 23.9 Å². The molecule has 0 fully saturated rings. The van der Waals surface area contributed by atoms with Crippen molar-refractivity contribution in [2.75, 3.05) is 17.2 Å². The lowest BCUT2D eigenvalue weighted by molar-refractivity contribution is -0.114. The lowest BCUT2D eigenvalue weighted by Crippen LogP contribution is -2.14. The number of carbonyl (C=O) groups is 3. The van der Waals surface area contributed by atoms with Crippen molar-refractivity contribution in [2.24, 2.45) is 0 Å². The summed E-state index contributed by atoms with van der Waals surface area (Å²) in [5.74, 6) is -0.707. The van der Waals surface area contributed by atoms with Crippen molar-refractivity contribution in [1.82, 2.24) is 4.98 Å². The SMILES string of the molecule is CCOC(=O)Nc1cccc(OC(=O)c2csc(NC(C)=O)n2)c1. The first-order valence-corrected chi connectivity index (χ1v) is 7.85. The van der Waals surface area contributed by atoms with E-state index in [0.29, 0.717) is 10.8 Å². The first kappa shape index (κ1) is 17.4. The van der Waals surface area contributed by atoms with E-state index in [-0.39, 0.29) is 24.0 Å². The van der Waals surface area contributed by atoms with E-state index in [0.717, 1.165) is 11.3 Å². The molecule has 0 atom stereocenters. The van der Waals surface area contributed by atoms with Crippen LogP contribution in [0.2, 0.25) is 0 Å². The highest BCUT2D eigenvalue weighted by Crippen LogP contribution is 2.20. The van der Waals surface area contributed by atoms with Crippen molar-refractivity contribution in [3.05, 3.63) is 35.3 Å². The molecular weight excluding hydrogens is 334 g/mol. The zero-order valence-corrected chi connectivity index (χ0v) is 13.8. The molecule has 8 nitrogen and oxygen atoms in total. The average molecular weight is 349 g/mol. The van der Waals surface area contributed by atoms with Gasteiger partial charge in [-0.3, -0.25) is 10.1 Å². The van der Waals surface area contributed by atoms with E-state index < -0.39 is 12.1 Å². The molecule has 2 amide bonds. The number of anilines is 2. The van der Waals surface area contributed by atoms with Crippen LogP contribution < -0.4 is 15.4 Å². The number of carbonyl (C=O) groups excluding carboxylic acids is 3. The lowest BCUT2D eigenvalue weighted by Gasteiger charge is -2.07. The zero-order chi connectivity index (χ0) is 17.5. The summed E-state index contributed by atoms with van der Waals surface area (Å²) in [6.07, 6.45) is -0.597. The first-order valence-electron chi connectivity index (χ1n) is 6.97. The Kier molecular flexibility index (Phi) is 5.85. The Labute approximate surface area is 141 Å². The van der Waals surface area contributed by atoms with Crippen molar-refractivity contribution >= 4 is 40.1 Å². The Morgan fingerprint density at radius 2 is 2.04 bits per heavy atom. The normalized spacial score (nSPS) is 9.92. The largest absolute Gasteiger partial charge is 0.450 e. The molecule has 0 aliphatic heterocycles. The smallest absolute Gasteiger partial charge is 0.411 e. The van der Waals surface area contributed by atoms with E-state index >= 15 is 0 Å². The third-order valence-electron chi connectivity index (χ3n) is 2.56. The first-order chi connectivity index (χ1) is 11.5. The Morgan fingerprint density at radius 3 is 2.75 bits per heavy atom. The lowest BCUT2D eigenvalue weighted by atomic mass is 10.3. The van der Waals surface area contributed by atoms with Crippen molar-refractivity contribution in [3.63, 3.8) is 0 Å². The molecule has 24 heavy (non-hydrogen) atoms. The monoisotopic (exact) mass is 349 g/mol.